The molecule has 0 atom stereocenters. The second kappa shape index (κ2) is 8.97. The van der Waals surface area contributed by atoms with Crippen LogP contribution in [0.1, 0.15) is 12.7 Å². The predicted molar refractivity (Wildman–Crippen MR) is 121 cm³/mol. The van der Waals surface area contributed by atoms with Crippen LogP contribution in [0.4, 0.5) is 23.0 Å². The second-order valence-electron chi connectivity index (χ2n) is 8.04. The Hall–Kier alpha value is -2.38. The van der Waals surface area contributed by atoms with E-state index in [1.165, 1.54) is 5.69 Å². The summed E-state index contributed by atoms with van der Waals surface area (Å²) in [5.74, 6) is 2.68. The molecule has 0 saturated carbocycles. The summed E-state index contributed by atoms with van der Waals surface area (Å²) in [5, 5.41) is 3.47. The molecular formula is C22H33N7. The summed E-state index contributed by atoms with van der Waals surface area (Å²) in [6.07, 6.45) is 0. The van der Waals surface area contributed by atoms with Gasteiger partial charge in [-0.25, -0.2) is 9.97 Å². The number of hydrogen-bond acceptors (Lipinski definition) is 7. The molecular weight excluding hydrogens is 362 g/mol. The Morgan fingerprint density at radius 3 is 2.17 bits per heavy atom. The monoisotopic (exact) mass is 395 g/mol. The molecule has 156 valence electrons. The van der Waals surface area contributed by atoms with E-state index in [9.17, 15) is 0 Å². The number of piperazine rings is 2. The van der Waals surface area contributed by atoms with Gasteiger partial charge in [0.2, 0.25) is 0 Å². The van der Waals surface area contributed by atoms with Crippen LogP contribution in [0.2, 0.25) is 0 Å². The van der Waals surface area contributed by atoms with Gasteiger partial charge < -0.3 is 24.9 Å². The molecule has 2 aliphatic heterocycles. The molecule has 4 rings (SSSR count). The summed E-state index contributed by atoms with van der Waals surface area (Å²) in [6.45, 7) is 13.9. The third kappa shape index (κ3) is 4.97. The van der Waals surface area contributed by atoms with Gasteiger partial charge in [0.15, 0.2) is 0 Å². The van der Waals surface area contributed by atoms with Crippen LogP contribution < -0.4 is 15.1 Å². The lowest BCUT2D eigenvalue weighted by atomic mass is 10.2. The molecule has 2 saturated heterocycles. The van der Waals surface area contributed by atoms with Crippen molar-refractivity contribution >= 4 is 23.0 Å². The Morgan fingerprint density at radius 2 is 1.52 bits per heavy atom. The minimum Gasteiger partial charge on any atom is -0.369 e. The molecule has 0 spiro atoms. The quantitative estimate of drug-likeness (QED) is 0.834. The normalized spacial score (nSPS) is 18.9. The number of nitrogens with zero attached hydrogens (tertiary/aromatic N) is 6. The maximum atomic E-state index is 4.68. The first-order chi connectivity index (χ1) is 14.1. The highest BCUT2D eigenvalue weighted by molar-refractivity contribution is 5.63. The molecule has 2 aliphatic rings. The van der Waals surface area contributed by atoms with E-state index in [1.54, 1.807) is 0 Å². The molecule has 0 radical (unpaired) electrons. The number of hydrogen-bond donors (Lipinski definition) is 1. The van der Waals surface area contributed by atoms with E-state index < -0.39 is 0 Å². The molecule has 1 N–H and O–H groups in total. The van der Waals surface area contributed by atoms with Gasteiger partial charge in [-0.15, -0.1) is 0 Å². The zero-order chi connectivity index (χ0) is 20.2. The van der Waals surface area contributed by atoms with Crippen molar-refractivity contribution in [2.75, 3.05) is 81.1 Å². The van der Waals surface area contributed by atoms with Gasteiger partial charge in [-0.05, 0) is 44.8 Å². The number of aryl methyl sites for hydroxylation is 1. The van der Waals surface area contributed by atoms with Gasteiger partial charge in [0.25, 0.3) is 0 Å². The van der Waals surface area contributed by atoms with Crippen molar-refractivity contribution in [2.24, 2.45) is 0 Å². The number of likely N-dealkylation sites (N-methyl/N-ethyl adjacent to an activating group) is 2. The molecule has 3 heterocycles. The first-order valence-electron chi connectivity index (χ1n) is 10.7. The van der Waals surface area contributed by atoms with Crippen molar-refractivity contribution < 1.29 is 0 Å². The first kappa shape index (κ1) is 19.9. The van der Waals surface area contributed by atoms with E-state index in [2.05, 4.69) is 79.2 Å². The Morgan fingerprint density at radius 1 is 0.862 bits per heavy atom. The fourth-order valence-electron chi connectivity index (χ4n) is 4.04. The van der Waals surface area contributed by atoms with Gasteiger partial charge in [-0.2, -0.15) is 0 Å². The fraction of sp³-hybridized carbons (Fsp3) is 0.545. The zero-order valence-electron chi connectivity index (χ0n) is 17.9. The minimum atomic E-state index is 0.803. The summed E-state index contributed by atoms with van der Waals surface area (Å²) in [5.41, 5.74) is 2.35. The molecule has 0 amide bonds. The van der Waals surface area contributed by atoms with Crippen molar-refractivity contribution in [2.45, 2.75) is 13.8 Å². The number of benzene rings is 1. The lowest BCUT2D eigenvalue weighted by Gasteiger charge is -2.35. The predicted octanol–water partition coefficient (Wildman–Crippen LogP) is 2.42. The number of nitrogens with one attached hydrogen (secondary N) is 1. The van der Waals surface area contributed by atoms with Crippen LogP contribution >= 0.6 is 0 Å². The highest BCUT2D eigenvalue weighted by Crippen LogP contribution is 2.24. The van der Waals surface area contributed by atoms with E-state index in [0.717, 1.165) is 82.1 Å². The second-order valence-corrected chi connectivity index (χ2v) is 8.04. The molecule has 0 bridgehead atoms. The van der Waals surface area contributed by atoms with Crippen LogP contribution in [0.25, 0.3) is 0 Å². The Balaban J connectivity index is 1.42. The Kier molecular flexibility index (Phi) is 6.16. The fourth-order valence-corrected chi connectivity index (χ4v) is 4.04. The zero-order valence-corrected chi connectivity index (χ0v) is 17.9. The minimum absolute atomic E-state index is 0.803. The van der Waals surface area contributed by atoms with Gasteiger partial charge in [-0.1, -0.05) is 6.92 Å². The van der Waals surface area contributed by atoms with Crippen molar-refractivity contribution in [3.63, 3.8) is 0 Å². The van der Waals surface area contributed by atoms with Crippen molar-refractivity contribution in [3.05, 3.63) is 36.2 Å². The molecule has 7 heteroatoms. The lowest BCUT2D eigenvalue weighted by molar-refractivity contribution is 0.270. The summed E-state index contributed by atoms with van der Waals surface area (Å²) in [6, 6.07) is 10.8. The molecule has 0 unspecified atom stereocenters. The molecule has 2 fully saturated rings. The molecule has 0 aliphatic carbocycles. The smallest absolute Gasteiger partial charge is 0.136 e. The van der Waals surface area contributed by atoms with Gasteiger partial charge in [-0.3, -0.25) is 0 Å². The SMILES string of the molecule is CCN1CCN(c2cc(Nc3ccc(N4CCN(C)CC4)cc3)nc(C)n2)CC1. The van der Waals surface area contributed by atoms with Crippen LogP contribution in [-0.2, 0) is 0 Å². The Bertz CT molecular complexity index is 791. The van der Waals surface area contributed by atoms with Crippen molar-refractivity contribution in [1.29, 1.82) is 0 Å². The van der Waals surface area contributed by atoms with E-state index in [-0.39, 0.29) is 0 Å². The molecule has 1 aromatic carbocycles. The summed E-state index contributed by atoms with van der Waals surface area (Å²) < 4.78 is 0. The van der Waals surface area contributed by atoms with E-state index in [4.69, 9.17) is 0 Å². The topological polar surface area (TPSA) is 50.8 Å². The Labute approximate surface area is 174 Å². The maximum Gasteiger partial charge on any atom is 0.136 e. The highest BCUT2D eigenvalue weighted by Gasteiger charge is 2.18. The number of anilines is 4. The van der Waals surface area contributed by atoms with Crippen LogP contribution in [-0.4, -0.2) is 85.7 Å². The third-order valence-electron chi connectivity index (χ3n) is 5.98. The van der Waals surface area contributed by atoms with E-state index >= 15 is 0 Å². The average Bonchev–Trinajstić information content (AvgIpc) is 2.75. The standard InChI is InChI=1S/C22H33N7/c1-4-27-11-15-29(16-12-27)22-17-21(23-18(2)24-22)25-19-5-7-20(8-6-19)28-13-9-26(3)10-14-28/h5-8,17H,4,9-16H2,1-3H3,(H,23,24,25). The lowest BCUT2D eigenvalue weighted by Crippen LogP contribution is -2.46. The maximum absolute atomic E-state index is 4.68. The van der Waals surface area contributed by atoms with Gasteiger partial charge >= 0.3 is 0 Å². The molecule has 1 aromatic heterocycles. The van der Waals surface area contributed by atoms with Gasteiger partial charge in [0.1, 0.15) is 17.5 Å². The number of rotatable bonds is 5. The summed E-state index contributed by atoms with van der Waals surface area (Å²) >= 11 is 0. The van der Waals surface area contributed by atoms with Crippen LogP contribution in [0, 0.1) is 6.92 Å². The first-order valence-corrected chi connectivity index (χ1v) is 10.7. The summed E-state index contributed by atoms with van der Waals surface area (Å²) in [7, 11) is 2.19. The molecule has 29 heavy (non-hydrogen) atoms. The van der Waals surface area contributed by atoms with E-state index in [1.807, 2.05) is 6.92 Å². The van der Waals surface area contributed by atoms with Gasteiger partial charge in [0, 0.05) is 69.8 Å². The third-order valence-corrected chi connectivity index (χ3v) is 5.98. The van der Waals surface area contributed by atoms with Crippen LogP contribution in [0.15, 0.2) is 30.3 Å². The average molecular weight is 396 g/mol. The molecule has 2 aromatic rings. The molecule has 7 nitrogen and oxygen atoms in total. The van der Waals surface area contributed by atoms with E-state index in [0.29, 0.717) is 0 Å². The van der Waals surface area contributed by atoms with Crippen molar-refractivity contribution in [1.82, 2.24) is 19.8 Å². The summed E-state index contributed by atoms with van der Waals surface area (Å²) in [4.78, 5) is 18.9. The van der Waals surface area contributed by atoms with Crippen molar-refractivity contribution in [3.8, 4) is 0 Å². The number of aromatic nitrogens is 2. The van der Waals surface area contributed by atoms with Crippen LogP contribution in [0.5, 0.6) is 0 Å². The van der Waals surface area contributed by atoms with Gasteiger partial charge in [0.05, 0.1) is 0 Å². The largest absolute Gasteiger partial charge is 0.369 e. The highest BCUT2D eigenvalue weighted by atomic mass is 15.3. The van der Waals surface area contributed by atoms with Crippen LogP contribution in [0.3, 0.4) is 0 Å².